The summed E-state index contributed by atoms with van der Waals surface area (Å²) in [5.74, 6) is -0.856. The fraction of sp³-hybridized carbons (Fsp3) is 0.235. The Labute approximate surface area is 144 Å². The van der Waals surface area contributed by atoms with Gasteiger partial charge in [0.1, 0.15) is 0 Å². The van der Waals surface area contributed by atoms with E-state index in [0.29, 0.717) is 29.1 Å². The van der Waals surface area contributed by atoms with Crippen LogP contribution < -0.4 is 16.4 Å². The van der Waals surface area contributed by atoms with Crippen LogP contribution in [0.3, 0.4) is 0 Å². The Morgan fingerprint density at radius 1 is 1.21 bits per heavy atom. The Balaban J connectivity index is 1.94. The number of amides is 3. The number of rotatable bonds is 7. The topological polar surface area (TPSA) is 101 Å². The minimum atomic E-state index is -0.555. The minimum Gasteiger partial charge on any atom is -0.366 e. The monoisotopic (exact) mass is 345 g/mol. The van der Waals surface area contributed by atoms with Gasteiger partial charge >= 0.3 is 0 Å². The predicted molar refractivity (Wildman–Crippen MR) is 94.0 cm³/mol. The molecular formula is C17H19N3O3S. The van der Waals surface area contributed by atoms with Crippen LogP contribution in [0.15, 0.2) is 35.7 Å². The summed E-state index contributed by atoms with van der Waals surface area (Å²) in [7, 11) is 0. The van der Waals surface area contributed by atoms with E-state index in [1.54, 1.807) is 11.4 Å². The van der Waals surface area contributed by atoms with Crippen LogP contribution in [0.1, 0.15) is 45.4 Å². The standard InChI is InChI=1S/C17H19N3O3S/c1-2-4-15(21)20-13-6-3-5-11(7-13)9-19-17(23)14-8-12(10-24-14)16(18)22/h3,5-8,10H,2,4,9H2,1H3,(H2,18,22)(H,19,23)(H,20,21). The van der Waals surface area contributed by atoms with Crippen LogP contribution in [0.25, 0.3) is 0 Å². The summed E-state index contributed by atoms with van der Waals surface area (Å²) >= 11 is 1.17. The lowest BCUT2D eigenvalue weighted by Gasteiger charge is -2.08. The predicted octanol–water partition coefficient (Wildman–Crippen LogP) is 2.52. The van der Waals surface area contributed by atoms with E-state index < -0.39 is 5.91 Å². The van der Waals surface area contributed by atoms with Gasteiger partial charge in [0.2, 0.25) is 11.8 Å². The van der Waals surface area contributed by atoms with Crippen molar-refractivity contribution in [3.05, 3.63) is 51.7 Å². The molecule has 2 rings (SSSR count). The van der Waals surface area contributed by atoms with Gasteiger partial charge in [-0.15, -0.1) is 11.3 Å². The zero-order valence-electron chi connectivity index (χ0n) is 13.3. The maximum absolute atomic E-state index is 12.1. The highest BCUT2D eigenvalue weighted by Crippen LogP contribution is 2.15. The number of anilines is 1. The third-order valence-corrected chi connectivity index (χ3v) is 4.18. The average Bonchev–Trinajstić information content (AvgIpc) is 3.03. The van der Waals surface area contributed by atoms with E-state index in [0.717, 1.165) is 12.0 Å². The molecule has 0 aliphatic rings. The molecule has 4 N–H and O–H groups in total. The molecule has 0 radical (unpaired) electrons. The summed E-state index contributed by atoms with van der Waals surface area (Å²) in [4.78, 5) is 35.2. The molecule has 0 bridgehead atoms. The van der Waals surface area contributed by atoms with E-state index in [2.05, 4.69) is 10.6 Å². The van der Waals surface area contributed by atoms with Crippen molar-refractivity contribution in [1.29, 1.82) is 0 Å². The van der Waals surface area contributed by atoms with Gasteiger partial charge in [0.05, 0.1) is 10.4 Å². The van der Waals surface area contributed by atoms with Crippen LogP contribution in [0.2, 0.25) is 0 Å². The Kier molecular flexibility index (Phi) is 6.08. The number of hydrogen-bond acceptors (Lipinski definition) is 4. The zero-order valence-corrected chi connectivity index (χ0v) is 14.1. The number of primary amides is 1. The molecule has 24 heavy (non-hydrogen) atoms. The molecule has 0 unspecified atom stereocenters. The lowest BCUT2D eigenvalue weighted by atomic mass is 10.2. The van der Waals surface area contributed by atoms with Crippen LogP contribution >= 0.6 is 11.3 Å². The van der Waals surface area contributed by atoms with Crippen molar-refractivity contribution in [3.8, 4) is 0 Å². The van der Waals surface area contributed by atoms with Crippen LogP contribution in [-0.2, 0) is 11.3 Å². The second kappa shape index (κ2) is 8.26. The zero-order chi connectivity index (χ0) is 17.5. The summed E-state index contributed by atoms with van der Waals surface area (Å²) < 4.78 is 0. The van der Waals surface area contributed by atoms with Crippen molar-refractivity contribution in [3.63, 3.8) is 0 Å². The highest BCUT2D eigenvalue weighted by molar-refractivity contribution is 7.12. The summed E-state index contributed by atoms with van der Waals surface area (Å²) in [6, 6.07) is 8.77. The van der Waals surface area contributed by atoms with Crippen LogP contribution in [-0.4, -0.2) is 17.7 Å². The quantitative estimate of drug-likeness (QED) is 0.718. The normalized spacial score (nSPS) is 10.2. The van der Waals surface area contributed by atoms with E-state index in [9.17, 15) is 14.4 Å². The van der Waals surface area contributed by atoms with Gasteiger partial charge < -0.3 is 16.4 Å². The van der Waals surface area contributed by atoms with Crippen LogP contribution in [0.4, 0.5) is 5.69 Å². The first-order chi connectivity index (χ1) is 11.5. The lowest BCUT2D eigenvalue weighted by molar-refractivity contribution is -0.116. The molecule has 0 atom stereocenters. The molecule has 3 amide bonds. The van der Waals surface area contributed by atoms with Crippen molar-refractivity contribution in [1.82, 2.24) is 5.32 Å². The molecule has 0 aliphatic carbocycles. The number of benzene rings is 1. The second-order valence-electron chi connectivity index (χ2n) is 5.25. The Morgan fingerprint density at radius 2 is 2.00 bits per heavy atom. The van der Waals surface area contributed by atoms with Crippen molar-refractivity contribution in [2.24, 2.45) is 5.73 Å². The van der Waals surface area contributed by atoms with Crippen LogP contribution in [0, 0.1) is 0 Å². The molecule has 6 nitrogen and oxygen atoms in total. The molecule has 126 valence electrons. The average molecular weight is 345 g/mol. The van der Waals surface area contributed by atoms with Crippen molar-refractivity contribution >= 4 is 34.7 Å². The first-order valence-corrected chi connectivity index (χ1v) is 8.43. The molecule has 0 saturated carbocycles. The first-order valence-electron chi connectivity index (χ1n) is 7.55. The van der Waals surface area contributed by atoms with Crippen molar-refractivity contribution in [2.75, 3.05) is 5.32 Å². The lowest BCUT2D eigenvalue weighted by Crippen LogP contribution is -2.22. The van der Waals surface area contributed by atoms with Gasteiger partial charge in [-0.25, -0.2) is 0 Å². The summed E-state index contributed by atoms with van der Waals surface area (Å²) in [5.41, 5.74) is 7.06. The van der Waals surface area contributed by atoms with Gasteiger partial charge in [0.25, 0.3) is 5.91 Å². The molecule has 0 spiro atoms. The number of carbonyl (C=O) groups excluding carboxylic acids is 3. The number of nitrogens with two attached hydrogens (primary N) is 1. The third kappa shape index (κ3) is 4.92. The fourth-order valence-corrected chi connectivity index (χ4v) is 2.88. The maximum Gasteiger partial charge on any atom is 0.261 e. The highest BCUT2D eigenvalue weighted by Gasteiger charge is 2.11. The van der Waals surface area contributed by atoms with Gasteiger partial charge in [-0.05, 0) is 30.2 Å². The van der Waals surface area contributed by atoms with E-state index >= 15 is 0 Å². The molecular weight excluding hydrogens is 326 g/mol. The second-order valence-corrected chi connectivity index (χ2v) is 6.16. The summed E-state index contributed by atoms with van der Waals surface area (Å²) in [5, 5.41) is 7.15. The Bertz CT molecular complexity index is 755. The van der Waals surface area contributed by atoms with Gasteiger partial charge in [0, 0.05) is 24.0 Å². The largest absolute Gasteiger partial charge is 0.366 e. The summed E-state index contributed by atoms with van der Waals surface area (Å²) in [6.07, 6.45) is 1.26. The van der Waals surface area contributed by atoms with Crippen molar-refractivity contribution < 1.29 is 14.4 Å². The van der Waals surface area contributed by atoms with Crippen LogP contribution in [0.5, 0.6) is 0 Å². The molecule has 1 aromatic carbocycles. The number of thiophene rings is 1. The molecule has 2 aromatic rings. The number of hydrogen-bond donors (Lipinski definition) is 3. The third-order valence-electron chi connectivity index (χ3n) is 3.25. The Morgan fingerprint density at radius 3 is 2.67 bits per heavy atom. The Hall–Kier alpha value is -2.67. The minimum absolute atomic E-state index is 0.0312. The molecule has 0 aliphatic heterocycles. The fourth-order valence-electron chi connectivity index (χ4n) is 2.06. The van der Waals surface area contributed by atoms with Gasteiger partial charge in [-0.1, -0.05) is 19.1 Å². The van der Waals surface area contributed by atoms with Gasteiger partial charge in [-0.3, -0.25) is 14.4 Å². The molecule has 7 heteroatoms. The SMILES string of the molecule is CCCC(=O)Nc1cccc(CNC(=O)c2cc(C(N)=O)cs2)c1. The van der Waals surface area contributed by atoms with E-state index in [-0.39, 0.29) is 11.8 Å². The smallest absolute Gasteiger partial charge is 0.261 e. The first kappa shape index (κ1) is 17.7. The molecule has 1 aromatic heterocycles. The van der Waals surface area contributed by atoms with E-state index in [1.807, 2.05) is 25.1 Å². The van der Waals surface area contributed by atoms with E-state index in [1.165, 1.54) is 17.4 Å². The summed E-state index contributed by atoms with van der Waals surface area (Å²) in [6.45, 7) is 2.26. The van der Waals surface area contributed by atoms with E-state index in [4.69, 9.17) is 5.73 Å². The highest BCUT2D eigenvalue weighted by atomic mass is 32.1. The van der Waals surface area contributed by atoms with Gasteiger partial charge in [-0.2, -0.15) is 0 Å². The number of nitrogens with one attached hydrogen (secondary N) is 2. The van der Waals surface area contributed by atoms with Gasteiger partial charge in [0.15, 0.2) is 0 Å². The number of carbonyl (C=O) groups is 3. The maximum atomic E-state index is 12.1. The molecule has 0 saturated heterocycles. The molecule has 0 fully saturated rings. The van der Waals surface area contributed by atoms with Crippen molar-refractivity contribution in [2.45, 2.75) is 26.3 Å². The molecule has 1 heterocycles.